The summed E-state index contributed by atoms with van der Waals surface area (Å²) in [6, 6.07) is 12.5. The number of rotatable bonds is 6. The average molecular weight is 335 g/mol. The number of anilines is 1. The highest BCUT2D eigenvalue weighted by atomic mass is 32.2. The van der Waals surface area contributed by atoms with Crippen molar-refractivity contribution < 1.29 is 17.9 Å². The van der Waals surface area contributed by atoms with Crippen LogP contribution in [0.3, 0.4) is 0 Å². The molecule has 5 nitrogen and oxygen atoms in total. The van der Waals surface area contributed by atoms with E-state index in [1.807, 2.05) is 31.2 Å². The molecule has 0 atom stereocenters. The molecule has 0 radical (unpaired) electrons. The van der Waals surface area contributed by atoms with Crippen LogP contribution in [0.2, 0.25) is 0 Å². The fourth-order valence-corrected chi connectivity index (χ4v) is 3.52. The van der Waals surface area contributed by atoms with Crippen molar-refractivity contribution >= 4 is 15.7 Å². The lowest BCUT2D eigenvalue weighted by atomic mass is 10.2. The van der Waals surface area contributed by atoms with Crippen LogP contribution in [-0.4, -0.2) is 29.7 Å². The Morgan fingerprint density at radius 3 is 2.30 bits per heavy atom. The quantitative estimate of drug-likeness (QED) is 0.814. The molecular formula is C17H21NO4S. The van der Waals surface area contributed by atoms with Crippen molar-refractivity contribution in [3.8, 4) is 11.5 Å². The number of methoxy groups -OCH3 is 2. The second-order valence-corrected chi connectivity index (χ2v) is 7.25. The van der Waals surface area contributed by atoms with Crippen molar-refractivity contribution in [2.24, 2.45) is 0 Å². The van der Waals surface area contributed by atoms with E-state index >= 15 is 0 Å². The van der Waals surface area contributed by atoms with Gasteiger partial charge in [-0.05, 0) is 24.6 Å². The maximum Gasteiger partial charge on any atom is 0.239 e. The molecule has 0 unspecified atom stereocenters. The molecule has 0 spiro atoms. The lowest BCUT2D eigenvalue weighted by molar-refractivity contribution is 0.355. The number of nitrogens with zero attached hydrogens (tertiary/aromatic N) is 1. The van der Waals surface area contributed by atoms with Gasteiger partial charge in [0.15, 0.2) is 11.5 Å². The molecule has 2 aromatic rings. The summed E-state index contributed by atoms with van der Waals surface area (Å²) >= 11 is 0. The van der Waals surface area contributed by atoms with Gasteiger partial charge in [-0.25, -0.2) is 8.42 Å². The number of sulfonamides is 1. The molecule has 0 aliphatic carbocycles. The second kappa shape index (κ2) is 6.91. The van der Waals surface area contributed by atoms with Gasteiger partial charge in [-0.15, -0.1) is 0 Å². The van der Waals surface area contributed by atoms with Crippen LogP contribution in [-0.2, 0) is 15.8 Å². The van der Waals surface area contributed by atoms with Gasteiger partial charge in [0, 0.05) is 13.1 Å². The summed E-state index contributed by atoms with van der Waals surface area (Å²) in [6.07, 6.45) is 0. The first kappa shape index (κ1) is 17.1. The Bertz CT molecular complexity index is 787. The Morgan fingerprint density at radius 2 is 1.70 bits per heavy atom. The fourth-order valence-electron chi connectivity index (χ4n) is 2.29. The number of aryl methyl sites for hydroxylation is 1. The smallest absolute Gasteiger partial charge is 0.239 e. The maximum atomic E-state index is 12.6. The topological polar surface area (TPSA) is 55.8 Å². The van der Waals surface area contributed by atoms with E-state index in [0.717, 1.165) is 11.1 Å². The molecule has 23 heavy (non-hydrogen) atoms. The van der Waals surface area contributed by atoms with Crippen molar-refractivity contribution in [1.82, 2.24) is 0 Å². The zero-order valence-electron chi connectivity index (χ0n) is 13.7. The van der Waals surface area contributed by atoms with Crippen molar-refractivity contribution in [1.29, 1.82) is 0 Å². The van der Waals surface area contributed by atoms with Crippen molar-refractivity contribution in [3.05, 3.63) is 53.6 Å². The SMILES string of the molecule is COc1ccc(N(C)S(=O)(=O)Cc2cccc(C)c2)cc1OC. The van der Waals surface area contributed by atoms with Crippen LogP contribution in [0, 0.1) is 6.92 Å². The zero-order valence-corrected chi connectivity index (χ0v) is 14.6. The molecule has 0 fully saturated rings. The van der Waals surface area contributed by atoms with Gasteiger partial charge in [0.2, 0.25) is 10.0 Å². The van der Waals surface area contributed by atoms with Gasteiger partial charge in [0.25, 0.3) is 0 Å². The van der Waals surface area contributed by atoms with Gasteiger partial charge in [-0.1, -0.05) is 29.8 Å². The third-order valence-electron chi connectivity index (χ3n) is 3.58. The van der Waals surface area contributed by atoms with Crippen LogP contribution in [0.25, 0.3) is 0 Å². The van der Waals surface area contributed by atoms with Crippen LogP contribution >= 0.6 is 0 Å². The van der Waals surface area contributed by atoms with E-state index in [0.29, 0.717) is 17.2 Å². The molecule has 0 heterocycles. The van der Waals surface area contributed by atoms with Crippen LogP contribution in [0.15, 0.2) is 42.5 Å². The molecule has 0 amide bonds. The number of hydrogen-bond donors (Lipinski definition) is 0. The predicted molar refractivity (Wildman–Crippen MR) is 91.8 cm³/mol. The highest BCUT2D eigenvalue weighted by Crippen LogP contribution is 2.32. The molecule has 0 saturated carbocycles. The third-order valence-corrected chi connectivity index (χ3v) is 5.32. The minimum Gasteiger partial charge on any atom is -0.493 e. The predicted octanol–water partition coefficient (Wildman–Crippen LogP) is 2.98. The molecule has 0 bridgehead atoms. The van der Waals surface area contributed by atoms with Gasteiger partial charge in [-0.2, -0.15) is 0 Å². The van der Waals surface area contributed by atoms with Crippen LogP contribution in [0.4, 0.5) is 5.69 Å². The standard InChI is InChI=1S/C17H21NO4S/c1-13-6-5-7-14(10-13)12-23(19,20)18(2)15-8-9-16(21-3)17(11-15)22-4/h5-11H,12H2,1-4H3. The number of hydrogen-bond acceptors (Lipinski definition) is 4. The molecular weight excluding hydrogens is 314 g/mol. The van der Waals surface area contributed by atoms with Gasteiger partial charge in [0.05, 0.1) is 25.7 Å². The first-order chi connectivity index (χ1) is 10.9. The third kappa shape index (κ3) is 3.96. The molecule has 0 saturated heterocycles. The van der Waals surface area contributed by atoms with Crippen LogP contribution in [0.5, 0.6) is 11.5 Å². The first-order valence-corrected chi connectivity index (χ1v) is 8.72. The monoisotopic (exact) mass is 335 g/mol. The summed E-state index contributed by atoms with van der Waals surface area (Å²) in [6.45, 7) is 1.94. The summed E-state index contributed by atoms with van der Waals surface area (Å²) in [5, 5.41) is 0. The molecule has 0 aliphatic rings. The van der Waals surface area contributed by atoms with Gasteiger partial charge >= 0.3 is 0 Å². The Morgan fingerprint density at radius 1 is 1.00 bits per heavy atom. The molecule has 2 aromatic carbocycles. The summed E-state index contributed by atoms with van der Waals surface area (Å²) in [5.41, 5.74) is 2.32. The zero-order chi connectivity index (χ0) is 17.0. The Kier molecular flexibility index (Phi) is 5.15. The van der Waals surface area contributed by atoms with Gasteiger partial charge in [0.1, 0.15) is 0 Å². The second-order valence-electron chi connectivity index (χ2n) is 5.25. The Balaban J connectivity index is 2.29. The summed E-state index contributed by atoms with van der Waals surface area (Å²) < 4.78 is 36.9. The van der Waals surface area contributed by atoms with E-state index in [1.165, 1.54) is 25.6 Å². The minimum atomic E-state index is -3.49. The largest absolute Gasteiger partial charge is 0.493 e. The molecule has 2 rings (SSSR count). The van der Waals surface area contributed by atoms with E-state index < -0.39 is 10.0 Å². The normalized spacial score (nSPS) is 11.1. The van der Waals surface area contributed by atoms with E-state index in [2.05, 4.69) is 0 Å². The van der Waals surface area contributed by atoms with Gasteiger partial charge in [-0.3, -0.25) is 4.31 Å². The Hall–Kier alpha value is -2.21. The summed E-state index contributed by atoms with van der Waals surface area (Å²) in [7, 11) is 1.10. The van der Waals surface area contributed by atoms with Crippen LogP contribution < -0.4 is 13.8 Å². The van der Waals surface area contributed by atoms with E-state index in [9.17, 15) is 8.42 Å². The molecule has 0 N–H and O–H groups in total. The molecule has 6 heteroatoms. The number of ether oxygens (including phenoxy) is 2. The molecule has 0 aromatic heterocycles. The van der Waals surface area contributed by atoms with Crippen molar-refractivity contribution in [2.75, 3.05) is 25.6 Å². The van der Waals surface area contributed by atoms with Crippen molar-refractivity contribution in [2.45, 2.75) is 12.7 Å². The lowest BCUT2D eigenvalue weighted by Crippen LogP contribution is -2.27. The van der Waals surface area contributed by atoms with E-state index in [1.54, 1.807) is 18.2 Å². The molecule has 124 valence electrons. The lowest BCUT2D eigenvalue weighted by Gasteiger charge is -2.21. The Labute approximate surface area is 137 Å². The van der Waals surface area contributed by atoms with E-state index in [-0.39, 0.29) is 5.75 Å². The average Bonchev–Trinajstić information content (AvgIpc) is 2.53. The number of benzene rings is 2. The van der Waals surface area contributed by atoms with E-state index in [4.69, 9.17) is 9.47 Å². The molecule has 0 aliphatic heterocycles. The van der Waals surface area contributed by atoms with Gasteiger partial charge < -0.3 is 9.47 Å². The summed E-state index contributed by atoms with van der Waals surface area (Å²) in [4.78, 5) is 0. The van der Waals surface area contributed by atoms with Crippen molar-refractivity contribution in [3.63, 3.8) is 0 Å². The highest BCUT2D eigenvalue weighted by molar-refractivity contribution is 7.92. The summed E-state index contributed by atoms with van der Waals surface area (Å²) in [5.74, 6) is 0.989. The minimum absolute atomic E-state index is 0.0560. The highest BCUT2D eigenvalue weighted by Gasteiger charge is 2.20. The van der Waals surface area contributed by atoms with Crippen LogP contribution in [0.1, 0.15) is 11.1 Å². The first-order valence-electron chi connectivity index (χ1n) is 7.11. The fraction of sp³-hybridized carbons (Fsp3) is 0.294. The maximum absolute atomic E-state index is 12.6.